The highest BCUT2D eigenvalue weighted by Crippen LogP contribution is 2.66. The van der Waals surface area contributed by atoms with Gasteiger partial charge in [0.15, 0.2) is 0 Å². The standard InChI is InChI=1S/C26H32O2/c1-25-14-12-19-16-20(28-17-18-6-4-3-5-7-18)8-9-21(19)22(25)13-15-26(2)23(25)10-11-24(26)27/h3-9,16,22-24,27H,10-15,17H2,1-2H3/t22-,23+,24+,25-,26+/m1/s1. The molecule has 0 amide bonds. The zero-order valence-electron chi connectivity index (χ0n) is 17.2. The molecule has 0 spiro atoms. The Kier molecular flexibility index (Phi) is 4.32. The van der Waals surface area contributed by atoms with Crippen molar-refractivity contribution in [3.63, 3.8) is 0 Å². The molecule has 2 saturated carbocycles. The molecule has 0 radical (unpaired) electrons. The topological polar surface area (TPSA) is 29.5 Å². The Hall–Kier alpha value is -1.80. The number of hydrogen-bond donors (Lipinski definition) is 1. The SMILES string of the molecule is C[C@@]12CCc3cc(OCc4ccccc4)ccc3[C@H]1CC[C@@]1(C)[C@H]2CC[C@@H]1O. The van der Waals surface area contributed by atoms with Crippen LogP contribution < -0.4 is 4.74 Å². The minimum Gasteiger partial charge on any atom is -0.489 e. The number of fused-ring (bicyclic) bond motifs is 5. The first kappa shape index (κ1) is 18.2. The van der Waals surface area contributed by atoms with Gasteiger partial charge >= 0.3 is 0 Å². The van der Waals surface area contributed by atoms with Crippen LogP contribution in [0.25, 0.3) is 0 Å². The van der Waals surface area contributed by atoms with Crippen molar-refractivity contribution in [3.8, 4) is 5.75 Å². The molecule has 2 fully saturated rings. The molecule has 3 aliphatic rings. The van der Waals surface area contributed by atoms with Crippen LogP contribution in [0.4, 0.5) is 0 Å². The largest absolute Gasteiger partial charge is 0.489 e. The van der Waals surface area contributed by atoms with E-state index in [4.69, 9.17) is 4.74 Å². The van der Waals surface area contributed by atoms with Crippen LogP contribution in [0.3, 0.4) is 0 Å². The molecule has 5 atom stereocenters. The van der Waals surface area contributed by atoms with Crippen molar-refractivity contribution >= 4 is 0 Å². The lowest BCUT2D eigenvalue weighted by Crippen LogP contribution is -2.50. The van der Waals surface area contributed by atoms with Crippen LogP contribution in [0.15, 0.2) is 48.5 Å². The number of ether oxygens (including phenoxy) is 1. The third kappa shape index (κ3) is 2.72. The maximum absolute atomic E-state index is 10.7. The molecule has 0 heterocycles. The van der Waals surface area contributed by atoms with E-state index in [0.29, 0.717) is 23.9 Å². The maximum atomic E-state index is 10.7. The first-order valence-electron chi connectivity index (χ1n) is 11.0. The molecular formula is C26H32O2. The first-order valence-corrected chi connectivity index (χ1v) is 11.0. The summed E-state index contributed by atoms with van der Waals surface area (Å²) in [6.45, 7) is 5.49. The zero-order chi connectivity index (χ0) is 19.4. The highest BCUT2D eigenvalue weighted by Gasteiger charge is 2.59. The van der Waals surface area contributed by atoms with Crippen LogP contribution in [0.1, 0.15) is 68.6 Å². The molecule has 5 rings (SSSR count). The number of aliphatic hydroxyl groups excluding tert-OH is 1. The van der Waals surface area contributed by atoms with Crippen LogP contribution in [0.2, 0.25) is 0 Å². The van der Waals surface area contributed by atoms with Crippen LogP contribution in [-0.2, 0) is 13.0 Å². The lowest BCUT2D eigenvalue weighted by molar-refractivity contribution is -0.0666. The molecule has 0 bridgehead atoms. The molecule has 0 saturated heterocycles. The molecule has 2 heteroatoms. The quantitative estimate of drug-likeness (QED) is 0.725. The predicted molar refractivity (Wildman–Crippen MR) is 112 cm³/mol. The summed E-state index contributed by atoms with van der Waals surface area (Å²) in [5.41, 5.74) is 4.68. The zero-order valence-corrected chi connectivity index (χ0v) is 17.2. The number of benzene rings is 2. The molecule has 2 nitrogen and oxygen atoms in total. The molecule has 0 aromatic heterocycles. The van der Waals surface area contributed by atoms with Gasteiger partial charge in [-0.05, 0) is 90.0 Å². The van der Waals surface area contributed by atoms with Crippen LogP contribution in [-0.4, -0.2) is 11.2 Å². The van der Waals surface area contributed by atoms with Crippen molar-refractivity contribution in [2.24, 2.45) is 16.7 Å². The fraction of sp³-hybridized carbons (Fsp3) is 0.538. The highest BCUT2D eigenvalue weighted by atomic mass is 16.5. The van der Waals surface area contributed by atoms with Crippen molar-refractivity contribution in [2.75, 3.05) is 0 Å². The Morgan fingerprint density at radius 2 is 1.79 bits per heavy atom. The lowest BCUT2D eigenvalue weighted by Gasteiger charge is -2.57. The van der Waals surface area contributed by atoms with Crippen molar-refractivity contribution < 1.29 is 9.84 Å². The molecule has 3 aliphatic carbocycles. The number of rotatable bonds is 3. The third-order valence-corrected chi connectivity index (χ3v) is 8.52. The molecule has 2 aromatic rings. The van der Waals surface area contributed by atoms with E-state index in [0.717, 1.165) is 25.0 Å². The molecule has 148 valence electrons. The molecule has 0 unspecified atom stereocenters. The second-order valence-electron chi connectivity index (χ2n) is 9.88. The fourth-order valence-electron chi connectivity index (χ4n) is 6.90. The summed E-state index contributed by atoms with van der Waals surface area (Å²) >= 11 is 0. The van der Waals surface area contributed by atoms with Crippen molar-refractivity contribution in [2.45, 2.75) is 71.0 Å². The second-order valence-corrected chi connectivity index (χ2v) is 9.88. The highest BCUT2D eigenvalue weighted by molar-refractivity contribution is 5.42. The Bertz CT molecular complexity index is 860. The van der Waals surface area contributed by atoms with Crippen molar-refractivity contribution in [1.29, 1.82) is 0 Å². The summed E-state index contributed by atoms with van der Waals surface area (Å²) in [5.74, 6) is 2.27. The Balaban J connectivity index is 1.39. The van der Waals surface area contributed by atoms with Crippen molar-refractivity contribution in [3.05, 3.63) is 65.2 Å². The van der Waals surface area contributed by atoms with E-state index in [2.05, 4.69) is 56.3 Å². The first-order chi connectivity index (χ1) is 13.5. The predicted octanol–water partition coefficient (Wildman–Crippen LogP) is 5.87. The van der Waals surface area contributed by atoms with E-state index in [1.54, 1.807) is 5.56 Å². The van der Waals surface area contributed by atoms with Gasteiger partial charge in [0.1, 0.15) is 12.4 Å². The monoisotopic (exact) mass is 376 g/mol. The van der Waals surface area contributed by atoms with E-state index in [1.807, 2.05) is 6.07 Å². The van der Waals surface area contributed by atoms with Gasteiger partial charge in [0.25, 0.3) is 0 Å². The Labute approximate surface area is 168 Å². The van der Waals surface area contributed by atoms with Gasteiger partial charge in [-0.1, -0.05) is 50.2 Å². The minimum absolute atomic E-state index is 0.106. The maximum Gasteiger partial charge on any atom is 0.120 e. The van der Waals surface area contributed by atoms with Gasteiger partial charge in [-0.3, -0.25) is 0 Å². The van der Waals surface area contributed by atoms with Gasteiger partial charge in [0.2, 0.25) is 0 Å². The van der Waals surface area contributed by atoms with E-state index in [1.165, 1.54) is 30.4 Å². The van der Waals surface area contributed by atoms with Crippen molar-refractivity contribution in [1.82, 2.24) is 0 Å². The van der Waals surface area contributed by atoms with Gasteiger partial charge < -0.3 is 9.84 Å². The Morgan fingerprint density at radius 1 is 0.964 bits per heavy atom. The molecule has 1 N–H and O–H groups in total. The van der Waals surface area contributed by atoms with Gasteiger partial charge in [-0.2, -0.15) is 0 Å². The minimum atomic E-state index is -0.106. The summed E-state index contributed by atoms with van der Waals surface area (Å²) in [6.07, 6.45) is 6.81. The van der Waals surface area contributed by atoms with E-state index in [9.17, 15) is 5.11 Å². The molecule has 28 heavy (non-hydrogen) atoms. The fourth-order valence-corrected chi connectivity index (χ4v) is 6.90. The number of hydrogen-bond acceptors (Lipinski definition) is 2. The van der Waals surface area contributed by atoms with E-state index < -0.39 is 0 Å². The summed E-state index contributed by atoms with van der Waals surface area (Å²) in [4.78, 5) is 0. The molecule has 2 aromatic carbocycles. The van der Waals surface area contributed by atoms with Gasteiger partial charge in [-0.25, -0.2) is 0 Å². The van der Waals surface area contributed by atoms with Gasteiger partial charge in [0.05, 0.1) is 6.10 Å². The summed E-state index contributed by atoms with van der Waals surface area (Å²) in [5, 5.41) is 10.7. The lowest BCUT2D eigenvalue weighted by atomic mass is 9.48. The molecular weight excluding hydrogens is 344 g/mol. The summed E-state index contributed by atoms with van der Waals surface area (Å²) < 4.78 is 6.09. The summed E-state index contributed by atoms with van der Waals surface area (Å²) in [7, 11) is 0. The second kappa shape index (κ2) is 6.62. The average Bonchev–Trinajstić information content (AvgIpc) is 3.02. The van der Waals surface area contributed by atoms with E-state index >= 15 is 0 Å². The van der Waals surface area contributed by atoms with Crippen LogP contribution >= 0.6 is 0 Å². The normalized spacial score (nSPS) is 36.3. The number of aryl methyl sites for hydroxylation is 1. The van der Waals surface area contributed by atoms with Gasteiger partial charge in [0, 0.05) is 0 Å². The number of aliphatic hydroxyl groups is 1. The third-order valence-electron chi connectivity index (χ3n) is 8.52. The summed E-state index contributed by atoms with van der Waals surface area (Å²) in [6, 6.07) is 17.2. The Morgan fingerprint density at radius 3 is 2.61 bits per heavy atom. The van der Waals surface area contributed by atoms with Crippen LogP contribution in [0.5, 0.6) is 5.75 Å². The van der Waals surface area contributed by atoms with E-state index in [-0.39, 0.29) is 11.5 Å². The molecule has 0 aliphatic heterocycles. The van der Waals surface area contributed by atoms with Crippen LogP contribution in [0, 0.1) is 16.7 Å². The smallest absolute Gasteiger partial charge is 0.120 e. The average molecular weight is 377 g/mol. The van der Waals surface area contributed by atoms with Gasteiger partial charge in [-0.15, -0.1) is 0 Å².